The lowest BCUT2D eigenvalue weighted by Crippen LogP contribution is -2.35. The Hall–Kier alpha value is -1.84. The smallest absolute Gasteiger partial charge is 0.462 e. The fourth-order valence-electron chi connectivity index (χ4n) is 1.24. The summed E-state index contributed by atoms with van der Waals surface area (Å²) < 4.78 is 4.75. The van der Waals surface area contributed by atoms with E-state index in [0.717, 1.165) is 0 Å². The molecule has 0 saturated carbocycles. The summed E-state index contributed by atoms with van der Waals surface area (Å²) in [6, 6.07) is 5.85. The van der Waals surface area contributed by atoms with E-state index in [0.29, 0.717) is 0 Å². The first-order valence-electron chi connectivity index (χ1n) is 4.67. The average molecular weight is 219 g/mol. The molecule has 0 fully saturated rings. The highest BCUT2D eigenvalue weighted by Gasteiger charge is 2.21. The highest BCUT2D eigenvalue weighted by atomic mass is 16.5. The molecule has 1 aromatic carbocycles. The van der Waals surface area contributed by atoms with Crippen LogP contribution in [0, 0.1) is 11.3 Å². The van der Waals surface area contributed by atoms with E-state index < -0.39 is 13.1 Å². The number of esters is 1. The summed E-state index contributed by atoms with van der Waals surface area (Å²) in [6.45, 7) is 1.82. The first kappa shape index (κ1) is 12.2. The van der Waals surface area contributed by atoms with Crippen LogP contribution in [0.4, 0.5) is 0 Å². The Bertz CT molecular complexity index is 439. The van der Waals surface area contributed by atoms with Crippen LogP contribution in [0.1, 0.15) is 22.8 Å². The lowest BCUT2D eigenvalue weighted by atomic mass is 9.76. The molecule has 0 heterocycles. The van der Waals surface area contributed by atoms with Crippen molar-refractivity contribution in [2.75, 3.05) is 6.61 Å². The Morgan fingerprint density at radius 2 is 2.25 bits per heavy atom. The molecule has 0 aromatic heterocycles. The van der Waals surface area contributed by atoms with Crippen molar-refractivity contribution in [3.63, 3.8) is 0 Å². The molecule has 0 aliphatic carbocycles. The Kier molecular flexibility index (Phi) is 4.06. The summed E-state index contributed by atoms with van der Waals surface area (Å²) >= 11 is 0. The van der Waals surface area contributed by atoms with Gasteiger partial charge in [-0.25, -0.2) is 4.79 Å². The zero-order chi connectivity index (χ0) is 12.1. The fourth-order valence-corrected chi connectivity index (χ4v) is 1.24. The minimum Gasteiger partial charge on any atom is -0.462 e. The quantitative estimate of drug-likeness (QED) is 0.524. The summed E-state index contributed by atoms with van der Waals surface area (Å²) in [7, 11) is -1.77. The second-order valence-electron chi connectivity index (χ2n) is 3.01. The van der Waals surface area contributed by atoms with Crippen molar-refractivity contribution in [1.29, 1.82) is 5.26 Å². The number of carbonyl (C=O) groups excluding carboxylic acids is 1. The third-order valence-corrected chi connectivity index (χ3v) is 1.96. The largest absolute Gasteiger partial charge is 0.489 e. The maximum atomic E-state index is 11.5. The fraction of sp³-hybridized carbons (Fsp3) is 0.200. The van der Waals surface area contributed by atoms with Gasteiger partial charge >= 0.3 is 13.1 Å². The molecule has 16 heavy (non-hydrogen) atoms. The van der Waals surface area contributed by atoms with Crippen molar-refractivity contribution in [3.8, 4) is 6.07 Å². The Morgan fingerprint density at radius 3 is 2.75 bits per heavy atom. The van der Waals surface area contributed by atoms with Crippen molar-refractivity contribution in [2.45, 2.75) is 6.92 Å². The molecule has 0 saturated heterocycles. The van der Waals surface area contributed by atoms with Gasteiger partial charge in [0.05, 0.1) is 23.8 Å². The summed E-state index contributed by atoms with van der Waals surface area (Å²) in [4.78, 5) is 11.5. The van der Waals surface area contributed by atoms with Crippen molar-refractivity contribution < 1.29 is 19.6 Å². The lowest BCUT2D eigenvalue weighted by molar-refractivity contribution is 0.0527. The lowest BCUT2D eigenvalue weighted by Gasteiger charge is -2.08. The van der Waals surface area contributed by atoms with E-state index in [9.17, 15) is 4.79 Å². The van der Waals surface area contributed by atoms with Crippen LogP contribution in [0.25, 0.3) is 0 Å². The molecule has 0 unspecified atom stereocenters. The minimum absolute atomic E-state index is 0.00380. The minimum atomic E-state index is -1.77. The maximum absolute atomic E-state index is 11.5. The van der Waals surface area contributed by atoms with Gasteiger partial charge in [0.1, 0.15) is 0 Å². The molecule has 2 N–H and O–H groups in total. The molecular formula is C10H10BNO4. The van der Waals surface area contributed by atoms with Crippen LogP contribution < -0.4 is 5.46 Å². The Balaban J connectivity index is 3.21. The van der Waals surface area contributed by atoms with Gasteiger partial charge in [-0.05, 0) is 24.5 Å². The van der Waals surface area contributed by atoms with Gasteiger partial charge in [-0.3, -0.25) is 0 Å². The third-order valence-electron chi connectivity index (χ3n) is 1.96. The summed E-state index contributed by atoms with van der Waals surface area (Å²) in [5.41, 5.74) is 0.279. The van der Waals surface area contributed by atoms with E-state index in [-0.39, 0.29) is 23.2 Å². The Morgan fingerprint density at radius 1 is 1.56 bits per heavy atom. The predicted octanol–water partition coefficient (Wildman–Crippen LogP) is -0.585. The second kappa shape index (κ2) is 5.30. The van der Waals surface area contributed by atoms with Gasteiger partial charge in [0.25, 0.3) is 0 Å². The van der Waals surface area contributed by atoms with Gasteiger partial charge in [-0.1, -0.05) is 6.07 Å². The summed E-state index contributed by atoms with van der Waals surface area (Å²) in [5.74, 6) is -0.678. The summed E-state index contributed by atoms with van der Waals surface area (Å²) in [5, 5.41) is 26.8. The van der Waals surface area contributed by atoms with Crippen molar-refractivity contribution in [1.82, 2.24) is 0 Å². The van der Waals surface area contributed by atoms with Crippen LogP contribution >= 0.6 is 0 Å². The average Bonchev–Trinajstić information content (AvgIpc) is 2.28. The number of ether oxygens (including phenoxy) is 1. The molecular weight excluding hydrogens is 209 g/mol. The molecule has 1 aromatic rings. The number of nitriles is 1. The first-order chi connectivity index (χ1) is 7.60. The van der Waals surface area contributed by atoms with Gasteiger partial charge in [0.15, 0.2) is 0 Å². The van der Waals surface area contributed by atoms with Gasteiger partial charge in [-0.15, -0.1) is 0 Å². The van der Waals surface area contributed by atoms with E-state index in [1.165, 1.54) is 18.2 Å². The maximum Gasteiger partial charge on any atom is 0.489 e. The molecule has 0 radical (unpaired) electrons. The monoisotopic (exact) mass is 219 g/mol. The van der Waals surface area contributed by atoms with Crippen molar-refractivity contribution in [2.24, 2.45) is 0 Å². The third kappa shape index (κ3) is 2.60. The van der Waals surface area contributed by atoms with Crippen molar-refractivity contribution in [3.05, 3.63) is 29.3 Å². The highest BCUT2D eigenvalue weighted by molar-refractivity contribution is 6.60. The number of hydrogen-bond donors (Lipinski definition) is 2. The van der Waals surface area contributed by atoms with E-state index in [4.69, 9.17) is 20.0 Å². The molecule has 1 rings (SSSR count). The van der Waals surface area contributed by atoms with E-state index in [2.05, 4.69) is 0 Å². The van der Waals surface area contributed by atoms with Crippen LogP contribution in [0.5, 0.6) is 0 Å². The summed E-state index contributed by atoms with van der Waals surface area (Å²) in [6.07, 6.45) is 0. The van der Waals surface area contributed by atoms with Gasteiger partial charge in [-0.2, -0.15) is 5.26 Å². The molecule has 0 amide bonds. The Labute approximate surface area is 93.0 Å². The van der Waals surface area contributed by atoms with Gasteiger partial charge < -0.3 is 14.8 Å². The predicted molar refractivity (Wildman–Crippen MR) is 56.9 cm³/mol. The molecule has 5 nitrogen and oxygen atoms in total. The molecule has 0 bridgehead atoms. The highest BCUT2D eigenvalue weighted by Crippen LogP contribution is 2.04. The van der Waals surface area contributed by atoms with Crippen LogP contribution in [-0.4, -0.2) is 29.7 Å². The molecule has 0 spiro atoms. The van der Waals surface area contributed by atoms with Gasteiger partial charge in [0.2, 0.25) is 0 Å². The topological polar surface area (TPSA) is 90.6 Å². The number of benzene rings is 1. The van der Waals surface area contributed by atoms with Crippen molar-refractivity contribution >= 4 is 18.6 Å². The zero-order valence-corrected chi connectivity index (χ0v) is 8.67. The molecule has 0 atom stereocenters. The van der Waals surface area contributed by atoms with Crippen LogP contribution in [0.3, 0.4) is 0 Å². The van der Waals surface area contributed by atoms with Crippen LogP contribution in [0.15, 0.2) is 18.2 Å². The molecule has 6 heteroatoms. The van der Waals surface area contributed by atoms with Crippen LogP contribution in [0.2, 0.25) is 0 Å². The number of nitrogens with zero attached hydrogens (tertiary/aromatic N) is 1. The van der Waals surface area contributed by atoms with E-state index in [1.54, 1.807) is 6.92 Å². The normalized spacial score (nSPS) is 9.38. The van der Waals surface area contributed by atoms with Crippen LogP contribution in [-0.2, 0) is 4.74 Å². The number of rotatable bonds is 3. The standard InChI is InChI=1S/C10H10BNO4/c1-2-16-10(13)8-5-7(6-12)3-4-9(8)11(14)15/h3-5,14-15H,2H2,1H3. The first-order valence-corrected chi connectivity index (χ1v) is 4.67. The van der Waals surface area contributed by atoms with Gasteiger partial charge in [0, 0.05) is 0 Å². The second-order valence-corrected chi connectivity index (χ2v) is 3.01. The SMILES string of the molecule is CCOC(=O)c1cc(C#N)ccc1B(O)O. The van der Waals surface area contributed by atoms with E-state index >= 15 is 0 Å². The molecule has 0 aliphatic rings. The number of carbonyl (C=O) groups is 1. The molecule has 0 aliphatic heterocycles. The number of hydrogen-bond acceptors (Lipinski definition) is 5. The van der Waals surface area contributed by atoms with E-state index in [1.807, 2.05) is 6.07 Å². The molecule has 82 valence electrons. The zero-order valence-electron chi connectivity index (χ0n) is 8.67.